The first-order chi connectivity index (χ1) is 9.61. The molecule has 118 valence electrons. The fraction of sp³-hybridized carbons (Fsp3) is 0.625. The van der Waals surface area contributed by atoms with Crippen LogP contribution in [0, 0.1) is 11.7 Å². The second-order valence-electron chi connectivity index (χ2n) is 6.98. The van der Waals surface area contributed by atoms with E-state index in [0.717, 1.165) is 12.1 Å². The third-order valence-corrected chi connectivity index (χ3v) is 4.53. The molecule has 2 N–H and O–H groups in total. The van der Waals surface area contributed by atoms with E-state index in [4.69, 9.17) is 10.5 Å². The van der Waals surface area contributed by atoms with E-state index >= 15 is 0 Å². The molecule has 5 heteroatoms. The van der Waals surface area contributed by atoms with Gasteiger partial charge in [-0.05, 0) is 60.3 Å². The summed E-state index contributed by atoms with van der Waals surface area (Å²) in [5, 5.41) is 0. The third-order valence-electron chi connectivity index (χ3n) is 3.88. The Kier molecular flexibility index (Phi) is 4.66. The molecule has 2 rings (SSSR count). The molecule has 1 fully saturated rings. The van der Waals surface area contributed by atoms with Crippen LogP contribution >= 0.6 is 15.9 Å². The average Bonchev–Trinajstić information content (AvgIpc) is 2.80. The second-order valence-corrected chi connectivity index (χ2v) is 7.84. The molecule has 1 heterocycles. The summed E-state index contributed by atoms with van der Waals surface area (Å²) in [6.45, 7) is 11.6. The van der Waals surface area contributed by atoms with E-state index < -0.39 is 5.82 Å². The molecule has 21 heavy (non-hydrogen) atoms. The number of nitrogens with two attached hydrogens (primary N) is 1. The molecule has 1 saturated heterocycles. The van der Waals surface area contributed by atoms with E-state index in [0.29, 0.717) is 10.4 Å². The molecular weight excluding hydrogens is 335 g/mol. The van der Waals surface area contributed by atoms with E-state index in [-0.39, 0.29) is 23.6 Å². The zero-order valence-corrected chi connectivity index (χ0v) is 14.9. The highest BCUT2D eigenvalue weighted by molar-refractivity contribution is 9.10. The van der Waals surface area contributed by atoms with Crippen LogP contribution in [0.3, 0.4) is 0 Å². The van der Waals surface area contributed by atoms with Crippen molar-refractivity contribution in [1.29, 1.82) is 0 Å². The Balaban J connectivity index is 2.31. The van der Waals surface area contributed by atoms with Gasteiger partial charge >= 0.3 is 0 Å². The molecule has 0 spiro atoms. The Hall–Kier alpha value is -0.650. The molecule has 1 aliphatic rings. The summed E-state index contributed by atoms with van der Waals surface area (Å²) in [6.07, 6.45) is -0.0996. The van der Waals surface area contributed by atoms with Gasteiger partial charge in [-0.15, -0.1) is 0 Å². The molecule has 1 aromatic rings. The molecular formula is C16H24BrFN2O. The minimum atomic E-state index is -0.404. The molecule has 0 radical (unpaired) electrons. The molecule has 0 amide bonds. The number of nitrogen functional groups attached to an aromatic ring is 1. The van der Waals surface area contributed by atoms with Crippen molar-refractivity contribution in [1.82, 2.24) is 4.90 Å². The van der Waals surface area contributed by atoms with Gasteiger partial charge < -0.3 is 10.5 Å². The SMILES string of the molecule is CC(C)C1OC(c2cc(F)c(N)c(Br)c2)CN1C(C)(C)C. The molecule has 0 aliphatic carbocycles. The van der Waals surface area contributed by atoms with Crippen molar-refractivity contribution in [2.24, 2.45) is 5.92 Å². The van der Waals surface area contributed by atoms with Gasteiger partial charge in [0, 0.05) is 16.6 Å². The summed E-state index contributed by atoms with van der Waals surface area (Å²) >= 11 is 3.31. The second kappa shape index (κ2) is 5.86. The minimum Gasteiger partial charge on any atom is -0.395 e. The molecule has 1 aromatic carbocycles. The molecule has 0 aromatic heterocycles. The van der Waals surface area contributed by atoms with Crippen LogP contribution in [-0.2, 0) is 4.74 Å². The van der Waals surface area contributed by atoms with Crippen LogP contribution in [0.15, 0.2) is 16.6 Å². The van der Waals surface area contributed by atoms with Crippen LogP contribution in [0.2, 0.25) is 0 Å². The van der Waals surface area contributed by atoms with Crippen LogP contribution in [0.4, 0.5) is 10.1 Å². The molecule has 2 unspecified atom stereocenters. The summed E-state index contributed by atoms with van der Waals surface area (Å²) in [5.41, 5.74) is 6.62. The number of anilines is 1. The lowest BCUT2D eigenvalue weighted by molar-refractivity contribution is -0.0579. The van der Waals surface area contributed by atoms with Gasteiger partial charge in [0.25, 0.3) is 0 Å². The molecule has 2 atom stereocenters. The van der Waals surface area contributed by atoms with Gasteiger partial charge in [0.1, 0.15) is 12.0 Å². The Morgan fingerprint density at radius 1 is 1.38 bits per heavy atom. The Morgan fingerprint density at radius 2 is 2.00 bits per heavy atom. The van der Waals surface area contributed by atoms with Gasteiger partial charge in [0.15, 0.2) is 0 Å². The highest BCUT2D eigenvalue weighted by Gasteiger charge is 2.41. The number of halogens is 2. The lowest BCUT2D eigenvalue weighted by Crippen LogP contribution is -2.47. The zero-order chi connectivity index (χ0) is 15.9. The number of ether oxygens (including phenoxy) is 1. The first kappa shape index (κ1) is 16.7. The lowest BCUT2D eigenvalue weighted by Gasteiger charge is -2.37. The maximum absolute atomic E-state index is 13.9. The van der Waals surface area contributed by atoms with Gasteiger partial charge in [-0.2, -0.15) is 0 Å². The van der Waals surface area contributed by atoms with Crippen molar-refractivity contribution in [3.05, 3.63) is 28.0 Å². The molecule has 0 bridgehead atoms. The minimum absolute atomic E-state index is 0.00721. The van der Waals surface area contributed by atoms with Crippen LogP contribution in [0.1, 0.15) is 46.3 Å². The first-order valence-electron chi connectivity index (χ1n) is 7.28. The standard InChI is InChI=1S/C16H24BrFN2O/c1-9(2)15-20(16(3,4)5)8-13(21-15)10-6-11(17)14(19)12(18)7-10/h6-7,9,13,15H,8,19H2,1-5H3. The maximum Gasteiger partial charge on any atom is 0.147 e. The maximum atomic E-state index is 13.9. The fourth-order valence-electron chi connectivity index (χ4n) is 2.71. The van der Waals surface area contributed by atoms with E-state index in [1.807, 2.05) is 6.07 Å². The molecule has 3 nitrogen and oxygen atoms in total. The van der Waals surface area contributed by atoms with Crippen LogP contribution in [0.25, 0.3) is 0 Å². The summed E-state index contributed by atoms with van der Waals surface area (Å²) in [5.74, 6) is -0.0328. The predicted molar refractivity (Wildman–Crippen MR) is 87.4 cm³/mol. The topological polar surface area (TPSA) is 38.5 Å². The summed E-state index contributed by atoms with van der Waals surface area (Å²) < 4.78 is 20.6. The number of hydrogen-bond donors (Lipinski definition) is 1. The normalized spacial score (nSPS) is 24.0. The van der Waals surface area contributed by atoms with Gasteiger partial charge in [-0.1, -0.05) is 13.8 Å². The van der Waals surface area contributed by atoms with Crippen molar-refractivity contribution in [3.8, 4) is 0 Å². The fourth-order valence-corrected chi connectivity index (χ4v) is 3.17. The van der Waals surface area contributed by atoms with E-state index in [1.165, 1.54) is 6.07 Å². The summed E-state index contributed by atoms with van der Waals surface area (Å²) in [6, 6.07) is 3.33. The first-order valence-corrected chi connectivity index (χ1v) is 8.07. The average molecular weight is 359 g/mol. The van der Waals surface area contributed by atoms with Crippen molar-refractivity contribution < 1.29 is 9.13 Å². The zero-order valence-electron chi connectivity index (χ0n) is 13.3. The number of hydrogen-bond acceptors (Lipinski definition) is 3. The van der Waals surface area contributed by atoms with Crippen LogP contribution in [0.5, 0.6) is 0 Å². The largest absolute Gasteiger partial charge is 0.395 e. The van der Waals surface area contributed by atoms with Gasteiger partial charge in [-0.25, -0.2) is 4.39 Å². The van der Waals surface area contributed by atoms with E-state index in [2.05, 4.69) is 55.4 Å². The van der Waals surface area contributed by atoms with Gasteiger partial charge in [-0.3, -0.25) is 4.90 Å². The summed E-state index contributed by atoms with van der Waals surface area (Å²) in [7, 11) is 0. The van der Waals surface area contributed by atoms with Gasteiger partial charge in [0.05, 0.1) is 11.8 Å². The Bertz CT molecular complexity index is 504. The summed E-state index contributed by atoms with van der Waals surface area (Å²) in [4.78, 5) is 2.34. The quantitative estimate of drug-likeness (QED) is 0.799. The lowest BCUT2D eigenvalue weighted by atomic mass is 10.0. The third kappa shape index (κ3) is 3.41. The smallest absolute Gasteiger partial charge is 0.147 e. The number of benzene rings is 1. The van der Waals surface area contributed by atoms with Crippen molar-refractivity contribution in [2.45, 2.75) is 52.5 Å². The van der Waals surface area contributed by atoms with E-state index in [9.17, 15) is 4.39 Å². The Labute approximate surface area is 134 Å². The van der Waals surface area contributed by atoms with Gasteiger partial charge in [0.2, 0.25) is 0 Å². The van der Waals surface area contributed by atoms with Crippen molar-refractivity contribution in [3.63, 3.8) is 0 Å². The molecule has 0 saturated carbocycles. The molecule has 1 aliphatic heterocycles. The van der Waals surface area contributed by atoms with Crippen molar-refractivity contribution in [2.75, 3.05) is 12.3 Å². The van der Waals surface area contributed by atoms with Crippen LogP contribution in [-0.4, -0.2) is 23.2 Å². The van der Waals surface area contributed by atoms with Crippen LogP contribution < -0.4 is 5.73 Å². The highest BCUT2D eigenvalue weighted by Crippen LogP contribution is 2.38. The number of nitrogens with zero attached hydrogens (tertiary/aromatic N) is 1. The number of rotatable bonds is 2. The van der Waals surface area contributed by atoms with Crippen molar-refractivity contribution >= 4 is 21.6 Å². The predicted octanol–water partition coefficient (Wildman–Crippen LogP) is 4.32. The Morgan fingerprint density at radius 3 is 2.43 bits per heavy atom. The monoisotopic (exact) mass is 358 g/mol. The highest BCUT2D eigenvalue weighted by atomic mass is 79.9. The van der Waals surface area contributed by atoms with E-state index in [1.54, 1.807) is 0 Å².